The molecule has 0 rings (SSSR count). The highest BCUT2D eigenvalue weighted by Crippen LogP contribution is 2.25. The second kappa shape index (κ2) is 10.6. The molecule has 6 heteroatoms. The molecule has 0 heterocycles. The fourth-order valence-corrected chi connectivity index (χ4v) is 2.36. The van der Waals surface area contributed by atoms with E-state index in [0.29, 0.717) is 32.2 Å². The fraction of sp³-hybridized carbons (Fsp3) is 0.857. The SMILES string of the molecule is NCCCCCC(N)(CCCC(=O)O)CCCC(=O)O. The maximum atomic E-state index is 10.6. The van der Waals surface area contributed by atoms with Crippen LogP contribution in [0.1, 0.15) is 64.2 Å². The van der Waals surface area contributed by atoms with Gasteiger partial charge in [0.15, 0.2) is 0 Å². The summed E-state index contributed by atoms with van der Waals surface area (Å²) in [5.74, 6) is -1.64. The number of unbranched alkanes of at least 4 members (excludes halogenated alkanes) is 2. The van der Waals surface area contributed by atoms with Crippen LogP contribution in [-0.2, 0) is 9.59 Å². The van der Waals surface area contributed by atoms with Gasteiger partial charge in [0.05, 0.1) is 0 Å². The van der Waals surface area contributed by atoms with Crippen LogP contribution < -0.4 is 11.5 Å². The lowest BCUT2D eigenvalue weighted by Gasteiger charge is -2.29. The maximum Gasteiger partial charge on any atom is 0.303 e. The molecule has 118 valence electrons. The first-order chi connectivity index (χ1) is 9.39. The van der Waals surface area contributed by atoms with Crippen molar-refractivity contribution < 1.29 is 19.8 Å². The zero-order chi connectivity index (χ0) is 15.4. The van der Waals surface area contributed by atoms with Crippen LogP contribution in [0.25, 0.3) is 0 Å². The molecular formula is C14H28N2O4. The largest absolute Gasteiger partial charge is 0.481 e. The average Bonchev–Trinajstić information content (AvgIpc) is 2.34. The van der Waals surface area contributed by atoms with E-state index in [1.165, 1.54) is 0 Å². The highest BCUT2D eigenvalue weighted by molar-refractivity contribution is 5.66. The lowest BCUT2D eigenvalue weighted by Crippen LogP contribution is -2.40. The molecule has 0 aromatic rings. The number of aliphatic carboxylic acids is 2. The standard InChI is InChI=1S/C14H28N2O4/c15-11-3-1-2-8-14(16,9-4-6-12(17)18)10-5-7-13(19)20/h1-11,15-16H2,(H,17,18)(H,19,20). The molecular weight excluding hydrogens is 260 g/mol. The summed E-state index contributed by atoms with van der Waals surface area (Å²) in [5, 5.41) is 17.3. The zero-order valence-corrected chi connectivity index (χ0v) is 12.1. The fourth-order valence-electron chi connectivity index (χ4n) is 2.36. The molecule has 0 saturated carbocycles. The smallest absolute Gasteiger partial charge is 0.303 e. The van der Waals surface area contributed by atoms with Crippen LogP contribution in [0.3, 0.4) is 0 Å². The molecule has 0 aliphatic carbocycles. The minimum Gasteiger partial charge on any atom is -0.481 e. The molecule has 0 aliphatic heterocycles. The van der Waals surface area contributed by atoms with Crippen molar-refractivity contribution in [2.75, 3.05) is 6.54 Å². The van der Waals surface area contributed by atoms with Gasteiger partial charge in [0.2, 0.25) is 0 Å². The summed E-state index contributed by atoms with van der Waals surface area (Å²) in [4.78, 5) is 21.1. The van der Waals surface area contributed by atoms with Gasteiger partial charge in [-0.05, 0) is 45.1 Å². The molecule has 6 nitrogen and oxygen atoms in total. The Labute approximate surface area is 120 Å². The van der Waals surface area contributed by atoms with Crippen LogP contribution in [-0.4, -0.2) is 34.2 Å². The second-order valence-corrected chi connectivity index (χ2v) is 5.46. The number of rotatable bonds is 13. The van der Waals surface area contributed by atoms with Crippen molar-refractivity contribution in [2.45, 2.75) is 69.7 Å². The lowest BCUT2D eigenvalue weighted by atomic mass is 9.83. The molecule has 0 fully saturated rings. The van der Waals surface area contributed by atoms with Crippen molar-refractivity contribution in [3.05, 3.63) is 0 Å². The van der Waals surface area contributed by atoms with Crippen LogP contribution in [0.5, 0.6) is 0 Å². The van der Waals surface area contributed by atoms with Crippen LogP contribution >= 0.6 is 0 Å². The third kappa shape index (κ3) is 10.8. The number of carboxylic acid groups (broad SMARTS) is 2. The topological polar surface area (TPSA) is 127 Å². The van der Waals surface area contributed by atoms with Crippen molar-refractivity contribution in [3.63, 3.8) is 0 Å². The van der Waals surface area contributed by atoms with E-state index < -0.39 is 17.5 Å². The van der Waals surface area contributed by atoms with Gasteiger partial charge in [-0.1, -0.05) is 12.8 Å². The molecule has 20 heavy (non-hydrogen) atoms. The molecule has 0 amide bonds. The summed E-state index contributed by atoms with van der Waals surface area (Å²) in [6.45, 7) is 0.662. The van der Waals surface area contributed by atoms with Gasteiger partial charge in [0.25, 0.3) is 0 Å². The molecule has 0 radical (unpaired) electrons. The Morgan fingerprint density at radius 2 is 1.25 bits per heavy atom. The highest BCUT2D eigenvalue weighted by Gasteiger charge is 2.24. The van der Waals surface area contributed by atoms with Gasteiger partial charge in [0.1, 0.15) is 0 Å². The van der Waals surface area contributed by atoms with Gasteiger partial charge < -0.3 is 21.7 Å². The number of nitrogens with two attached hydrogens (primary N) is 2. The summed E-state index contributed by atoms with van der Waals surface area (Å²) in [7, 11) is 0. The average molecular weight is 288 g/mol. The van der Waals surface area contributed by atoms with Crippen molar-refractivity contribution in [1.29, 1.82) is 0 Å². The number of carboxylic acids is 2. The van der Waals surface area contributed by atoms with E-state index in [0.717, 1.165) is 25.7 Å². The number of carbonyl (C=O) groups is 2. The Morgan fingerprint density at radius 3 is 1.65 bits per heavy atom. The molecule has 0 aromatic heterocycles. The molecule has 6 N–H and O–H groups in total. The summed E-state index contributed by atoms with van der Waals surface area (Å²) in [6, 6.07) is 0. The van der Waals surface area contributed by atoms with Gasteiger partial charge in [-0.15, -0.1) is 0 Å². The third-order valence-corrected chi connectivity index (χ3v) is 3.51. The van der Waals surface area contributed by atoms with E-state index in [9.17, 15) is 9.59 Å². The minimum atomic E-state index is -0.819. The third-order valence-electron chi connectivity index (χ3n) is 3.51. The van der Waals surface area contributed by atoms with E-state index in [2.05, 4.69) is 0 Å². The maximum absolute atomic E-state index is 10.6. The predicted octanol–water partition coefficient (Wildman–Crippen LogP) is 1.71. The van der Waals surface area contributed by atoms with Gasteiger partial charge >= 0.3 is 11.9 Å². The van der Waals surface area contributed by atoms with E-state index in [1.54, 1.807) is 0 Å². The zero-order valence-electron chi connectivity index (χ0n) is 12.1. The second-order valence-electron chi connectivity index (χ2n) is 5.46. The quantitative estimate of drug-likeness (QED) is 0.382. The van der Waals surface area contributed by atoms with Crippen molar-refractivity contribution >= 4 is 11.9 Å². The van der Waals surface area contributed by atoms with Crippen LogP contribution in [0, 0.1) is 0 Å². The molecule has 0 unspecified atom stereocenters. The molecule has 0 atom stereocenters. The first-order valence-electron chi connectivity index (χ1n) is 7.32. The Morgan fingerprint density at radius 1 is 0.800 bits per heavy atom. The normalized spacial score (nSPS) is 11.5. The van der Waals surface area contributed by atoms with Gasteiger partial charge in [-0.25, -0.2) is 0 Å². The summed E-state index contributed by atoms with van der Waals surface area (Å²) >= 11 is 0. The van der Waals surface area contributed by atoms with Crippen LogP contribution in [0.4, 0.5) is 0 Å². The highest BCUT2D eigenvalue weighted by atomic mass is 16.4. The number of hydrogen-bond acceptors (Lipinski definition) is 4. The summed E-state index contributed by atoms with van der Waals surface area (Å²) < 4.78 is 0. The molecule has 0 bridgehead atoms. The van der Waals surface area contributed by atoms with Crippen LogP contribution in [0.15, 0.2) is 0 Å². The first kappa shape index (κ1) is 18.9. The first-order valence-corrected chi connectivity index (χ1v) is 7.32. The Bertz CT molecular complexity index is 275. The number of hydrogen-bond donors (Lipinski definition) is 4. The van der Waals surface area contributed by atoms with Crippen molar-refractivity contribution in [2.24, 2.45) is 11.5 Å². The van der Waals surface area contributed by atoms with E-state index in [4.69, 9.17) is 21.7 Å². The van der Waals surface area contributed by atoms with Gasteiger partial charge in [-0.3, -0.25) is 9.59 Å². The van der Waals surface area contributed by atoms with E-state index in [-0.39, 0.29) is 12.8 Å². The van der Waals surface area contributed by atoms with Gasteiger partial charge in [-0.2, -0.15) is 0 Å². The van der Waals surface area contributed by atoms with Gasteiger partial charge in [0, 0.05) is 18.4 Å². The molecule has 0 spiro atoms. The predicted molar refractivity (Wildman–Crippen MR) is 77.4 cm³/mol. The minimum absolute atomic E-state index is 0.112. The van der Waals surface area contributed by atoms with E-state index >= 15 is 0 Å². The van der Waals surface area contributed by atoms with Crippen LogP contribution in [0.2, 0.25) is 0 Å². The molecule has 0 saturated heterocycles. The monoisotopic (exact) mass is 288 g/mol. The Kier molecular flexibility index (Phi) is 10.0. The lowest BCUT2D eigenvalue weighted by molar-refractivity contribution is -0.138. The molecule has 0 aromatic carbocycles. The molecule has 0 aliphatic rings. The van der Waals surface area contributed by atoms with Crippen molar-refractivity contribution in [3.8, 4) is 0 Å². The Balaban J connectivity index is 4.18. The summed E-state index contributed by atoms with van der Waals surface area (Å²) in [5.41, 5.74) is 11.3. The summed E-state index contributed by atoms with van der Waals surface area (Å²) in [6.07, 6.45) is 6.27. The Hall–Kier alpha value is -1.14. The van der Waals surface area contributed by atoms with Crippen molar-refractivity contribution in [1.82, 2.24) is 0 Å². The van der Waals surface area contributed by atoms with E-state index in [1.807, 2.05) is 0 Å².